The van der Waals surface area contributed by atoms with Crippen molar-refractivity contribution >= 4 is 35.6 Å². The van der Waals surface area contributed by atoms with Crippen molar-refractivity contribution < 1.29 is 4.92 Å². The molecule has 0 aliphatic carbocycles. The average molecular weight is 460 g/mol. The molecule has 0 saturated carbocycles. The molecule has 2 rings (SSSR count). The van der Waals surface area contributed by atoms with Gasteiger partial charge in [0.25, 0.3) is 5.69 Å². The fraction of sp³-hybridized carbons (Fsp3) is 0.611. The Hall–Kier alpha value is -1.38. The topological polar surface area (TPSA) is 70.8 Å². The van der Waals surface area contributed by atoms with Gasteiger partial charge >= 0.3 is 0 Å². The molecule has 0 bridgehead atoms. The Morgan fingerprint density at radius 3 is 2.52 bits per heavy atom. The van der Waals surface area contributed by atoms with Crippen LogP contribution in [0.25, 0.3) is 0 Å². The van der Waals surface area contributed by atoms with E-state index in [1.807, 2.05) is 19.2 Å². The smallest absolute Gasteiger partial charge is 0.269 e. The third-order valence-corrected chi connectivity index (χ3v) is 4.51. The van der Waals surface area contributed by atoms with E-state index in [2.05, 4.69) is 29.1 Å². The van der Waals surface area contributed by atoms with Gasteiger partial charge < -0.3 is 10.2 Å². The summed E-state index contributed by atoms with van der Waals surface area (Å²) in [5, 5.41) is 14.1. The van der Waals surface area contributed by atoms with Crippen molar-refractivity contribution in [3.63, 3.8) is 0 Å². The van der Waals surface area contributed by atoms with Crippen molar-refractivity contribution in [2.75, 3.05) is 26.7 Å². The fourth-order valence-corrected chi connectivity index (χ4v) is 3.06. The molecule has 0 amide bonds. The minimum absolute atomic E-state index is 0. The first-order chi connectivity index (χ1) is 11.4. The van der Waals surface area contributed by atoms with Gasteiger partial charge in [-0.05, 0) is 36.7 Å². The number of nitrogens with zero attached hydrogens (tertiary/aromatic N) is 3. The lowest BCUT2D eigenvalue weighted by Gasteiger charge is -2.23. The van der Waals surface area contributed by atoms with Crippen LogP contribution in [0.15, 0.2) is 29.3 Å². The number of guanidine groups is 1. The van der Waals surface area contributed by atoms with E-state index < -0.39 is 0 Å². The minimum Gasteiger partial charge on any atom is -0.356 e. The summed E-state index contributed by atoms with van der Waals surface area (Å²) in [6, 6.07) is 6.84. The first-order valence-electron chi connectivity index (χ1n) is 8.60. The molecule has 1 aliphatic rings. The molecule has 140 valence electrons. The lowest BCUT2D eigenvalue weighted by atomic mass is 9.93. The number of hydrogen-bond donors (Lipinski definition) is 1. The van der Waals surface area contributed by atoms with Crippen LogP contribution < -0.4 is 5.32 Å². The zero-order chi connectivity index (χ0) is 17.6. The van der Waals surface area contributed by atoms with Crippen molar-refractivity contribution in [1.29, 1.82) is 0 Å². The molecule has 7 heteroatoms. The third-order valence-electron chi connectivity index (χ3n) is 4.51. The molecule has 1 N–H and O–H groups in total. The summed E-state index contributed by atoms with van der Waals surface area (Å²) in [5.41, 5.74) is 1.66. The molecule has 0 unspecified atom stereocenters. The van der Waals surface area contributed by atoms with Crippen LogP contribution in [0.2, 0.25) is 0 Å². The van der Waals surface area contributed by atoms with Crippen molar-refractivity contribution in [3.05, 3.63) is 39.9 Å². The Balaban J connectivity index is 0.00000312. The van der Waals surface area contributed by atoms with Gasteiger partial charge in [-0.15, -0.1) is 24.0 Å². The number of unbranched alkanes of at least 4 members (excludes halogenated alkanes) is 1. The molecule has 1 aromatic rings. The molecule has 1 fully saturated rings. The molecule has 25 heavy (non-hydrogen) atoms. The SMILES string of the molecule is CN=C(NCCCCc1ccc([N+](=O)[O-])cc1)N1CCC(C)(C)C1.I. The van der Waals surface area contributed by atoms with Crippen molar-refractivity contribution in [2.24, 2.45) is 10.4 Å². The van der Waals surface area contributed by atoms with Gasteiger partial charge in [-0.1, -0.05) is 26.0 Å². The first-order valence-corrected chi connectivity index (χ1v) is 8.60. The number of non-ortho nitro benzene ring substituents is 1. The van der Waals surface area contributed by atoms with Gasteiger partial charge in [-0.25, -0.2) is 0 Å². The molecular weight excluding hydrogens is 431 g/mol. The number of benzene rings is 1. The molecule has 0 spiro atoms. The predicted octanol–water partition coefficient (Wildman–Crippen LogP) is 3.84. The maximum atomic E-state index is 10.6. The summed E-state index contributed by atoms with van der Waals surface area (Å²) >= 11 is 0. The van der Waals surface area contributed by atoms with Crippen LogP contribution in [0, 0.1) is 15.5 Å². The lowest BCUT2D eigenvalue weighted by molar-refractivity contribution is -0.384. The van der Waals surface area contributed by atoms with Crippen LogP contribution in [0.1, 0.15) is 38.7 Å². The number of hydrogen-bond acceptors (Lipinski definition) is 3. The van der Waals surface area contributed by atoms with Gasteiger partial charge in [0.2, 0.25) is 0 Å². The van der Waals surface area contributed by atoms with Gasteiger partial charge in [0.1, 0.15) is 0 Å². The Labute approximate surface area is 167 Å². The van der Waals surface area contributed by atoms with Gasteiger partial charge in [0.05, 0.1) is 4.92 Å². The van der Waals surface area contributed by atoms with Crippen molar-refractivity contribution in [1.82, 2.24) is 10.2 Å². The summed E-state index contributed by atoms with van der Waals surface area (Å²) < 4.78 is 0. The van der Waals surface area contributed by atoms with Crippen LogP contribution in [0.3, 0.4) is 0 Å². The number of aryl methyl sites for hydroxylation is 1. The summed E-state index contributed by atoms with van der Waals surface area (Å²) in [7, 11) is 1.84. The summed E-state index contributed by atoms with van der Waals surface area (Å²) in [6.45, 7) is 7.61. The summed E-state index contributed by atoms with van der Waals surface area (Å²) in [4.78, 5) is 17.0. The molecular formula is C18H29IN4O2. The number of nitro groups is 1. The molecule has 1 aromatic carbocycles. The highest BCUT2D eigenvalue weighted by atomic mass is 127. The summed E-state index contributed by atoms with van der Waals surface area (Å²) in [6.07, 6.45) is 4.24. The highest BCUT2D eigenvalue weighted by molar-refractivity contribution is 14.0. The number of nitrogens with one attached hydrogen (secondary N) is 1. The molecule has 0 radical (unpaired) electrons. The Kier molecular flexibility index (Phi) is 8.61. The Morgan fingerprint density at radius 1 is 1.32 bits per heavy atom. The largest absolute Gasteiger partial charge is 0.356 e. The monoisotopic (exact) mass is 460 g/mol. The van der Waals surface area contributed by atoms with Crippen molar-refractivity contribution in [2.45, 2.75) is 39.5 Å². The fourth-order valence-electron chi connectivity index (χ4n) is 3.06. The van der Waals surface area contributed by atoms with Crippen LogP contribution in [-0.4, -0.2) is 42.5 Å². The molecule has 1 heterocycles. The van der Waals surface area contributed by atoms with Crippen LogP contribution in [0.5, 0.6) is 0 Å². The third kappa shape index (κ3) is 6.80. The lowest BCUT2D eigenvalue weighted by Crippen LogP contribution is -2.41. The Bertz CT molecular complexity index is 587. The van der Waals surface area contributed by atoms with Gasteiger partial charge in [0.15, 0.2) is 5.96 Å². The normalized spacial score (nSPS) is 16.4. The number of rotatable bonds is 6. The maximum Gasteiger partial charge on any atom is 0.269 e. The predicted molar refractivity (Wildman–Crippen MR) is 113 cm³/mol. The zero-order valence-corrected chi connectivity index (χ0v) is 17.7. The first kappa shape index (κ1) is 21.7. The number of aliphatic imine (C=N–C) groups is 1. The molecule has 1 aliphatic heterocycles. The van der Waals surface area contributed by atoms with E-state index in [1.165, 1.54) is 6.42 Å². The quantitative estimate of drug-likeness (QED) is 0.175. The number of likely N-dealkylation sites (tertiary alicyclic amines) is 1. The molecule has 6 nitrogen and oxygen atoms in total. The van der Waals surface area contributed by atoms with Gasteiger partial charge in [-0.2, -0.15) is 0 Å². The second-order valence-corrected chi connectivity index (χ2v) is 7.19. The van der Waals surface area contributed by atoms with E-state index in [-0.39, 0.29) is 34.6 Å². The minimum atomic E-state index is -0.362. The molecule has 0 atom stereocenters. The van der Waals surface area contributed by atoms with E-state index in [0.717, 1.165) is 50.4 Å². The Morgan fingerprint density at radius 2 is 2.00 bits per heavy atom. The zero-order valence-electron chi connectivity index (χ0n) is 15.3. The van der Waals surface area contributed by atoms with E-state index in [9.17, 15) is 10.1 Å². The van der Waals surface area contributed by atoms with E-state index in [1.54, 1.807) is 12.1 Å². The second-order valence-electron chi connectivity index (χ2n) is 7.19. The highest BCUT2D eigenvalue weighted by Gasteiger charge is 2.30. The molecule has 0 aromatic heterocycles. The maximum absolute atomic E-state index is 10.6. The second kappa shape index (κ2) is 9.94. The van der Waals surface area contributed by atoms with Gasteiger partial charge in [-0.3, -0.25) is 15.1 Å². The van der Waals surface area contributed by atoms with Gasteiger partial charge in [0, 0.05) is 38.8 Å². The standard InChI is InChI=1S/C18H28N4O2.HI/c1-18(2)11-13-21(14-18)17(19-3)20-12-5-4-6-15-7-9-16(10-8-15)22(23)24;/h7-10H,4-6,11-14H2,1-3H3,(H,19,20);1H. The highest BCUT2D eigenvalue weighted by Crippen LogP contribution is 2.28. The van der Waals surface area contributed by atoms with Crippen LogP contribution in [-0.2, 0) is 6.42 Å². The van der Waals surface area contributed by atoms with Crippen molar-refractivity contribution in [3.8, 4) is 0 Å². The van der Waals surface area contributed by atoms with E-state index in [0.29, 0.717) is 5.41 Å². The molecule has 1 saturated heterocycles. The average Bonchev–Trinajstić information content (AvgIpc) is 2.91. The van der Waals surface area contributed by atoms with E-state index >= 15 is 0 Å². The van der Waals surface area contributed by atoms with E-state index in [4.69, 9.17) is 0 Å². The number of nitro benzene ring substituents is 1. The summed E-state index contributed by atoms with van der Waals surface area (Å²) in [5.74, 6) is 0.996. The van der Waals surface area contributed by atoms with Crippen LogP contribution >= 0.6 is 24.0 Å². The van der Waals surface area contributed by atoms with Crippen LogP contribution in [0.4, 0.5) is 5.69 Å². The number of halogens is 1.